The van der Waals surface area contributed by atoms with Crippen LogP contribution in [0.5, 0.6) is 0 Å². The fourth-order valence-corrected chi connectivity index (χ4v) is 9.74. The molecule has 2 N–H and O–H groups in total. The van der Waals surface area contributed by atoms with Crippen molar-refractivity contribution < 1.29 is 37.3 Å². The van der Waals surface area contributed by atoms with Crippen molar-refractivity contribution in [3.05, 3.63) is 60.8 Å². The maximum absolute atomic E-state index is 13.6. The van der Waals surface area contributed by atoms with Gasteiger partial charge in [-0.1, -0.05) is 242 Å². The lowest BCUT2D eigenvalue weighted by molar-refractivity contribution is -0.870. The number of hydrogen-bond acceptors (Lipinski definition) is 6. The van der Waals surface area contributed by atoms with Crippen LogP contribution in [0.4, 0.5) is 0 Å². The van der Waals surface area contributed by atoms with Gasteiger partial charge in [0.2, 0.25) is 5.91 Å². The number of rotatable bonds is 57. The number of likely N-dealkylation sites (N-methyl/N-ethyl adjacent to an activating group) is 1. The summed E-state index contributed by atoms with van der Waals surface area (Å²) in [6, 6.07) is -0.855. The van der Waals surface area contributed by atoms with Crippen LogP contribution >= 0.6 is 7.82 Å². The molecule has 0 aliphatic carbocycles. The fourth-order valence-electron chi connectivity index (χ4n) is 9.00. The van der Waals surface area contributed by atoms with Gasteiger partial charge in [0.15, 0.2) is 0 Å². The van der Waals surface area contributed by atoms with E-state index in [1.807, 2.05) is 33.3 Å². The Labute approximate surface area is 464 Å². The number of phosphoric ester groups is 1. The van der Waals surface area contributed by atoms with Crippen LogP contribution in [0, 0.1) is 0 Å². The molecule has 9 nitrogen and oxygen atoms in total. The topological polar surface area (TPSA) is 111 Å². The van der Waals surface area contributed by atoms with Crippen LogP contribution in [0.1, 0.15) is 290 Å². The molecule has 0 bridgehead atoms. The Morgan fingerprint density at radius 1 is 0.467 bits per heavy atom. The van der Waals surface area contributed by atoms with Crippen molar-refractivity contribution in [1.29, 1.82) is 0 Å². The molecule has 0 aromatic rings. The summed E-state index contributed by atoms with van der Waals surface area (Å²) in [5, 5.41) is 3.06. The van der Waals surface area contributed by atoms with Crippen molar-refractivity contribution >= 4 is 19.7 Å². The van der Waals surface area contributed by atoms with E-state index in [0.717, 1.165) is 83.5 Å². The van der Waals surface area contributed by atoms with Gasteiger partial charge in [-0.3, -0.25) is 18.6 Å². The van der Waals surface area contributed by atoms with Crippen LogP contribution in [-0.4, -0.2) is 74.3 Å². The molecule has 0 aliphatic heterocycles. The molecule has 0 heterocycles. The van der Waals surface area contributed by atoms with E-state index in [0.29, 0.717) is 17.4 Å². The Hall–Kier alpha value is -2.29. The average molecular weight is 1070 g/mol. The van der Waals surface area contributed by atoms with Crippen molar-refractivity contribution in [3.8, 4) is 0 Å². The summed E-state index contributed by atoms with van der Waals surface area (Å²) in [5.74, 6) is -0.513. The molecule has 3 atom stereocenters. The van der Waals surface area contributed by atoms with E-state index >= 15 is 0 Å². The molecule has 0 saturated carbocycles. The molecular weight excluding hydrogens is 952 g/mol. The monoisotopic (exact) mass is 1070 g/mol. The number of amides is 1. The van der Waals surface area contributed by atoms with Gasteiger partial charge in [-0.25, -0.2) is 4.57 Å². The van der Waals surface area contributed by atoms with Gasteiger partial charge in [-0.15, -0.1) is 0 Å². The van der Waals surface area contributed by atoms with Gasteiger partial charge in [0.1, 0.15) is 19.3 Å². The first kappa shape index (κ1) is 72.7. The highest BCUT2D eigenvalue weighted by molar-refractivity contribution is 7.47. The molecule has 1 amide bonds. The highest BCUT2D eigenvalue weighted by atomic mass is 31.2. The maximum Gasteiger partial charge on any atom is 0.472 e. The second-order valence-corrected chi connectivity index (χ2v) is 24.0. The Balaban J connectivity index is 5.28. The Morgan fingerprint density at radius 3 is 1.23 bits per heavy atom. The Bertz CT molecular complexity index is 1470. The number of carbonyl (C=O) groups is 2. The van der Waals surface area contributed by atoms with Crippen molar-refractivity contribution in [1.82, 2.24) is 5.32 Å². The Kier molecular flexibility index (Phi) is 53.4. The minimum Gasteiger partial charge on any atom is -0.456 e. The zero-order valence-corrected chi connectivity index (χ0v) is 50.9. The van der Waals surface area contributed by atoms with Crippen LogP contribution in [0.3, 0.4) is 0 Å². The lowest BCUT2D eigenvalue weighted by atomic mass is 10.0. The van der Waals surface area contributed by atoms with Gasteiger partial charge < -0.3 is 19.4 Å². The molecule has 0 rings (SSSR count). The van der Waals surface area contributed by atoms with Crippen LogP contribution < -0.4 is 5.32 Å². The smallest absolute Gasteiger partial charge is 0.456 e. The van der Waals surface area contributed by atoms with Crippen molar-refractivity contribution in [3.63, 3.8) is 0 Å². The van der Waals surface area contributed by atoms with E-state index in [1.165, 1.54) is 173 Å². The van der Waals surface area contributed by atoms with E-state index < -0.39 is 20.0 Å². The number of unbranched alkanes of at least 4 members (excludes halogenated alkanes) is 33. The molecule has 0 saturated heterocycles. The Morgan fingerprint density at radius 2 is 0.813 bits per heavy atom. The number of nitrogens with one attached hydrogen (secondary N) is 1. The van der Waals surface area contributed by atoms with E-state index in [4.69, 9.17) is 13.8 Å². The van der Waals surface area contributed by atoms with Crippen LogP contribution in [-0.2, 0) is 27.9 Å². The largest absolute Gasteiger partial charge is 0.472 e. The number of ether oxygens (including phenoxy) is 1. The summed E-state index contributed by atoms with van der Waals surface area (Å²) in [5.41, 5.74) is 0. The van der Waals surface area contributed by atoms with Gasteiger partial charge in [-0.2, -0.15) is 0 Å². The van der Waals surface area contributed by atoms with E-state index in [1.54, 1.807) is 0 Å². The van der Waals surface area contributed by atoms with Crippen LogP contribution in [0.15, 0.2) is 60.8 Å². The van der Waals surface area contributed by atoms with Crippen molar-refractivity contribution in [2.75, 3.05) is 40.9 Å². The molecule has 438 valence electrons. The molecule has 0 aromatic carbocycles. The van der Waals surface area contributed by atoms with Crippen LogP contribution in [0.2, 0.25) is 0 Å². The van der Waals surface area contributed by atoms with Gasteiger partial charge in [-0.05, 0) is 96.0 Å². The van der Waals surface area contributed by atoms with Crippen LogP contribution in [0.25, 0.3) is 0 Å². The number of carbonyl (C=O) groups excluding carboxylic acids is 2. The van der Waals surface area contributed by atoms with Crippen molar-refractivity contribution in [2.45, 2.75) is 303 Å². The highest BCUT2D eigenvalue weighted by Gasteiger charge is 2.30. The van der Waals surface area contributed by atoms with Gasteiger partial charge in [0.05, 0.1) is 33.8 Å². The molecule has 0 aliphatic rings. The predicted octanol–water partition coefficient (Wildman–Crippen LogP) is 19.4. The summed E-state index contributed by atoms with van der Waals surface area (Å²) >= 11 is 0. The first-order valence-corrected chi connectivity index (χ1v) is 33.1. The first-order valence-electron chi connectivity index (χ1n) is 31.6. The minimum atomic E-state index is -4.45. The normalized spacial score (nSPS) is 14.1. The summed E-state index contributed by atoms with van der Waals surface area (Å²) < 4.78 is 30.7. The SMILES string of the molecule is CCCCC/C=C\C/C=C\CCCCCCCCCCCC(=O)NC(COP(=O)(O)OCC[N+](C)(C)C)C(/C=C/CCCCCCCCCCCCC)OC(=O)CCCCCCCCC/C=C\C/C=C\CCCCC. The fraction of sp³-hybridized carbons (Fsp3) is 0.815. The number of hydrogen-bond donors (Lipinski definition) is 2. The van der Waals surface area contributed by atoms with Gasteiger partial charge in [0, 0.05) is 12.8 Å². The minimum absolute atomic E-state index is 0.0372. The van der Waals surface area contributed by atoms with E-state index in [-0.39, 0.29) is 31.5 Å². The lowest BCUT2D eigenvalue weighted by Crippen LogP contribution is -2.47. The third-order valence-corrected chi connectivity index (χ3v) is 14.9. The number of quaternary nitrogens is 1. The van der Waals surface area contributed by atoms with Crippen molar-refractivity contribution in [2.24, 2.45) is 0 Å². The molecule has 75 heavy (non-hydrogen) atoms. The molecule has 0 radical (unpaired) electrons. The standard InChI is InChI=1S/C65H121N2O7P/c1-7-10-13-16-19-22-25-28-30-32-33-35-36-39-42-45-48-51-54-57-64(68)66-62(61-73-75(70,71)72-60-59-67(4,5)6)63(56-53-50-47-44-41-38-27-24-21-18-15-12-9-3)74-65(69)58-55-52-49-46-43-40-37-34-31-29-26-23-20-17-14-11-8-2/h19-20,22-23,28-31,53,56,62-63H,7-18,21,24-27,32-52,54-55,57-61H2,1-6H3,(H-,66,68,70,71)/p+1/b22-19-,23-20-,30-28-,31-29-,56-53+. The van der Waals surface area contributed by atoms with Gasteiger partial charge in [0.25, 0.3) is 0 Å². The first-order chi connectivity index (χ1) is 36.4. The molecule has 0 spiro atoms. The maximum atomic E-state index is 13.6. The molecular formula is C65H122N2O7P+. The van der Waals surface area contributed by atoms with E-state index in [9.17, 15) is 19.0 Å². The second kappa shape index (κ2) is 55.0. The predicted molar refractivity (Wildman–Crippen MR) is 323 cm³/mol. The van der Waals surface area contributed by atoms with E-state index in [2.05, 4.69) is 74.7 Å². The number of esters is 1. The zero-order chi connectivity index (χ0) is 55.0. The molecule has 10 heteroatoms. The molecule has 0 aromatic heterocycles. The number of phosphoric acid groups is 1. The highest BCUT2D eigenvalue weighted by Crippen LogP contribution is 2.43. The number of nitrogens with zero attached hydrogens (tertiary/aromatic N) is 1. The third kappa shape index (κ3) is 56.2. The molecule has 0 fully saturated rings. The zero-order valence-electron chi connectivity index (χ0n) is 50.0. The summed E-state index contributed by atoms with van der Waals surface area (Å²) in [7, 11) is 1.49. The van der Waals surface area contributed by atoms with Gasteiger partial charge >= 0.3 is 13.8 Å². The lowest BCUT2D eigenvalue weighted by Gasteiger charge is -2.27. The average Bonchev–Trinajstić information content (AvgIpc) is 3.37. The summed E-state index contributed by atoms with van der Waals surface area (Å²) in [6.07, 6.45) is 69.2. The molecule has 3 unspecified atom stereocenters. The summed E-state index contributed by atoms with van der Waals surface area (Å²) in [4.78, 5) is 37.7. The summed E-state index contributed by atoms with van der Waals surface area (Å²) in [6.45, 7) is 6.98. The number of allylic oxidation sites excluding steroid dienone is 9. The third-order valence-electron chi connectivity index (χ3n) is 13.9. The second-order valence-electron chi connectivity index (χ2n) is 22.6. The quantitative estimate of drug-likeness (QED) is 0.0205.